The molecule has 0 aliphatic heterocycles. The molecule has 3 nitrogen and oxygen atoms in total. The Morgan fingerprint density at radius 1 is 1.11 bits per heavy atom. The molecule has 0 aliphatic carbocycles. The summed E-state index contributed by atoms with van der Waals surface area (Å²) >= 11 is 0. The number of carbonyl (C=O) groups excluding carboxylic acids is 1. The Bertz CT molecular complexity index is 576. The van der Waals surface area contributed by atoms with Crippen LogP contribution in [0.15, 0.2) is 42.5 Å². The van der Waals surface area contributed by atoms with Gasteiger partial charge in [0.2, 0.25) is 0 Å². The minimum Gasteiger partial charge on any atom is -0.467 e. The van der Waals surface area contributed by atoms with Crippen molar-refractivity contribution < 1.29 is 14.3 Å². The minimum absolute atomic E-state index is 0.180. The van der Waals surface area contributed by atoms with Crippen LogP contribution in [0.1, 0.15) is 15.9 Å². The number of carbonyl (C=O) groups is 1. The third-order valence-electron chi connectivity index (χ3n) is 2.92. The number of rotatable bonds is 5. The van der Waals surface area contributed by atoms with Crippen LogP contribution in [0.2, 0.25) is 0 Å². The van der Waals surface area contributed by atoms with E-state index in [9.17, 15) is 4.79 Å². The highest BCUT2D eigenvalue weighted by Gasteiger charge is 2.12. The maximum atomic E-state index is 11.2. The highest BCUT2D eigenvalue weighted by Crippen LogP contribution is 2.34. The molecule has 98 valence electrons. The first-order valence-corrected chi connectivity index (χ1v) is 6.04. The van der Waals surface area contributed by atoms with Crippen molar-refractivity contribution in [1.29, 1.82) is 0 Å². The second-order valence-corrected chi connectivity index (χ2v) is 4.20. The maximum Gasteiger partial charge on any atom is 0.188 e. The summed E-state index contributed by atoms with van der Waals surface area (Å²) in [4.78, 5) is 11.2. The standard InChI is InChI=1S/C16H16O3/c1-12-6-5-7-13(10-17)16(12)14-8-3-4-9-15(14)19-11-18-2/h3-10H,11H2,1-2H3. The van der Waals surface area contributed by atoms with E-state index < -0.39 is 0 Å². The largest absolute Gasteiger partial charge is 0.467 e. The van der Waals surface area contributed by atoms with E-state index in [2.05, 4.69) is 0 Å². The molecule has 3 heteroatoms. The van der Waals surface area contributed by atoms with Gasteiger partial charge in [0.05, 0.1) is 0 Å². The molecular formula is C16H16O3. The van der Waals surface area contributed by atoms with Gasteiger partial charge in [0, 0.05) is 18.2 Å². The molecule has 0 aromatic heterocycles. The molecular weight excluding hydrogens is 240 g/mol. The van der Waals surface area contributed by atoms with Crippen LogP contribution in [0.25, 0.3) is 11.1 Å². The van der Waals surface area contributed by atoms with Crippen LogP contribution in [0.4, 0.5) is 0 Å². The van der Waals surface area contributed by atoms with Gasteiger partial charge in [-0.05, 0) is 24.1 Å². The topological polar surface area (TPSA) is 35.5 Å². The zero-order valence-electron chi connectivity index (χ0n) is 11.1. The number of aldehydes is 1. The first-order valence-electron chi connectivity index (χ1n) is 6.04. The monoisotopic (exact) mass is 256 g/mol. The molecule has 0 unspecified atom stereocenters. The van der Waals surface area contributed by atoms with E-state index in [1.165, 1.54) is 0 Å². The third-order valence-corrected chi connectivity index (χ3v) is 2.92. The Balaban J connectivity index is 2.55. The number of benzene rings is 2. The Morgan fingerprint density at radius 3 is 2.63 bits per heavy atom. The van der Waals surface area contributed by atoms with Crippen LogP contribution >= 0.6 is 0 Å². The van der Waals surface area contributed by atoms with Crippen molar-refractivity contribution >= 4 is 6.29 Å². The SMILES string of the molecule is COCOc1ccccc1-c1c(C)cccc1C=O. The lowest BCUT2D eigenvalue weighted by molar-refractivity contribution is 0.0515. The smallest absolute Gasteiger partial charge is 0.188 e. The third kappa shape index (κ3) is 2.83. The summed E-state index contributed by atoms with van der Waals surface area (Å²) in [6, 6.07) is 13.3. The van der Waals surface area contributed by atoms with Gasteiger partial charge in [-0.3, -0.25) is 4.79 Å². The summed E-state index contributed by atoms with van der Waals surface area (Å²) in [5.41, 5.74) is 3.51. The summed E-state index contributed by atoms with van der Waals surface area (Å²) < 4.78 is 10.5. The highest BCUT2D eigenvalue weighted by atomic mass is 16.7. The van der Waals surface area contributed by atoms with E-state index in [1.54, 1.807) is 7.11 Å². The molecule has 2 aromatic carbocycles. The van der Waals surface area contributed by atoms with Gasteiger partial charge in [0.15, 0.2) is 13.1 Å². The molecule has 0 radical (unpaired) electrons. The molecule has 2 rings (SSSR count). The number of ether oxygens (including phenoxy) is 2. The van der Waals surface area contributed by atoms with Crippen LogP contribution in [-0.4, -0.2) is 20.2 Å². The number of aryl methyl sites for hydroxylation is 1. The quantitative estimate of drug-likeness (QED) is 0.607. The summed E-state index contributed by atoms with van der Waals surface area (Å²) in [6.45, 7) is 2.16. The van der Waals surface area contributed by atoms with Crippen LogP contribution in [0.3, 0.4) is 0 Å². The van der Waals surface area contributed by atoms with Crippen LogP contribution in [-0.2, 0) is 4.74 Å². The fourth-order valence-electron chi connectivity index (χ4n) is 2.08. The summed E-state index contributed by atoms with van der Waals surface area (Å²) in [5.74, 6) is 0.710. The molecule has 0 spiro atoms. The fraction of sp³-hybridized carbons (Fsp3) is 0.188. The van der Waals surface area contributed by atoms with Crippen molar-refractivity contribution in [3.8, 4) is 16.9 Å². The second kappa shape index (κ2) is 6.16. The predicted molar refractivity (Wildman–Crippen MR) is 74.5 cm³/mol. The Morgan fingerprint density at radius 2 is 1.89 bits per heavy atom. The van der Waals surface area contributed by atoms with Crippen molar-refractivity contribution in [1.82, 2.24) is 0 Å². The average Bonchev–Trinajstić information content (AvgIpc) is 2.45. The molecule has 19 heavy (non-hydrogen) atoms. The van der Waals surface area contributed by atoms with E-state index in [1.807, 2.05) is 49.4 Å². The van der Waals surface area contributed by atoms with Crippen molar-refractivity contribution in [2.75, 3.05) is 13.9 Å². The number of methoxy groups -OCH3 is 1. The van der Waals surface area contributed by atoms with Crippen molar-refractivity contribution in [2.24, 2.45) is 0 Å². The first-order chi connectivity index (χ1) is 9.27. The molecule has 2 aromatic rings. The van der Waals surface area contributed by atoms with Gasteiger partial charge in [-0.25, -0.2) is 0 Å². The van der Waals surface area contributed by atoms with Crippen LogP contribution in [0.5, 0.6) is 5.75 Å². The second-order valence-electron chi connectivity index (χ2n) is 4.20. The Kier molecular flexibility index (Phi) is 4.31. The predicted octanol–water partition coefficient (Wildman–Crippen LogP) is 3.46. The molecule has 0 fully saturated rings. The number of para-hydroxylation sites is 1. The normalized spacial score (nSPS) is 10.2. The molecule has 0 atom stereocenters. The summed E-state index contributed by atoms with van der Waals surface area (Å²) in [7, 11) is 1.58. The van der Waals surface area contributed by atoms with E-state index in [0.717, 1.165) is 23.0 Å². The minimum atomic E-state index is 0.180. The van der Waals surface area contributed by atoms with Crippen molar-refractivity contribution in [3.05, 3.63) is 53.6 Å². The van der Waals surface area contributed by atoms with Gasteiger partial charge in [0.1, 0.15) is 5.75 Å². The van der Waals surface area contributed by atoms with E-state index in [0.29, 0.717) is 11.3 Å². The number of hydrogen-bond donors (Lipinski definition) is 0. The lowest BCUT2D eigenvalue weighted by Gasteiger charge is -2.14. The average molecular weight is 256 g/mol. The molecule has 0 heterocycles. The lowest BCUT2D eigenvalue weighted by Crippen LogP contribution is -2.01. The van der Waals surface area contributed by atoms with Crippen LogP contribution in [0, 0.1) is 6.92 Å². The van der Waals surface area contributed by atoms with Gasteiger partial charge in [-0.15, -0.1) is 0 Å². The molecule has 0 amide bonds. The molecule has 0 aliphatic rings. The van der Waals surface area contributed by atoms with Crippen molar-refractivity contribution in [3.63, 3.8) is 0 Å². The molecule has 0 N–H and O–H groups in total. The van der Waals surface area contributed by atoms with Crippen LogP contribution < -0.4 is 4.74 Å². The zero-order valence-corrected chi connectivity index (χ0v) is 11.1. The summed E-state index contributed by atoms with van der Waals surface area (Å²) in [6.07, 6.45) is 0.870. The van der Waals surface area contributed by atoms with Gasteiger partial charge in [0.25, 0.3) is 0 Å². The van der Waals surface area contributed by atoms with E-state index in [-0.39, 0.29) is 6.79 Å². The lowest BCUT2D eigenvalue weighted by atomic mass is 9.95. The van der Waals surface area contributed by atoms with Gasteiger partial charge in [-0.1, -0.05) is 36.4 Å². The van der Waals surface area contributed by atoms with Gasteiger partial charge >= 0.3 is 0 Å². The van der Waals surface area contributed by atoms with E-state index >= 15 is 0 Å². The van der Waals surface area contributed by atoms with Gasteiger partial charge < -0.3 is 9.47 Å². The Labute approximate surface area is 112 Å². The molecule has 0 saturated carbocycles. The fourth-order valence-corrected chi connectivity index (χ4v) is 2.08. The highest BCUT2D eigenvalue weighted by molar-refractivity contribution is 5.90. The summed E-state index contributed by atoms with van der Waals surface area (Å²) in [5, 5.41) is 0. The zero-order chi connectivity index (χ0) is 13.7. The number of hydrogen-bond acceptors (Lipinski definition) is 3. The Hall–Kier alpha value is -2.13. The van der Waals surface area contributed by atoms with E-state index in [4.69, 9.17) is 9.47 Å². The van der Waals surface area contributed by atoms with Gasteiger partial charge in [-0.2, -0.15) is 0 Å². The molecule has 0 saturated heterocycles. The molecule has 0 bridgehead atoms. The van der Waals surface area contributed by atoms with Crippen molar-refractivity contribution in [2.45, 2.75) is 6.92 Å². The maximum absolute atomic E-state index is 11.2. The first kappa shape index (κ1) is 13.3.